The molecule has 0 radical (unpaired) electrons. The highest BCUT2D eigenvalue weighted by Crippen LogP contribution is 2.13. The van der Waals surface area contributed by atoms with Gasteiger partial charge in [0.2, 0.25) is 0 Å². The molecule has 0 fully saturated rings. The molecule has 1 rings (SSSR count). The third-order valence-electron chi connectivity index (χ3n) is 3.80. The summed E-state index contributed by atoms with van der Waals surface area (Å²) >= 11 is 0. The molecule has 0 saturated heterocycles. The van der Waals surface area contributed by atoms with Crippen LogP contribution < -0.4 is 0 Å². The quantitative estimate of drug-likeness (QED) is 0.285. The zero-order chi connectivity index (χ0) is 22.7. The lowest BCUT2D eigenvalue weighted by Gasteiger charge is -2.13. The van der Waals surface area contributed by atoms with Crippen molar-refractivity contribution >= 4 is 17.9 Å². The van der Waals surface area contributed by atoms with E-state index in [-0.39, 0.29) is 32.7 Å². The number of aromatic nitrogens is 3. The monoisotopic (exact) mass is 417 g/mol. The molecule has 0 aromatic carbocycles. The Bertz CT molecular complexity index is 797. The van der Waals surface area contributed by atoms with E-state index >= 15 is 0 Å². The van der Waals surface area contributed by atoms with Crippen molar-refractivity contribution in [2.45, 2.75) is 40.0 Å². The second-order valence-electron chi connectivity index (χ2n) is 6.66. The summed E-state index contributed by atoms with van der Waals surface area (Å²) in [5, 5.41) is 11.8. The zero-order valence-electron chi connectivity index (χ0n) is 17.7. The highest BCUT2D eigenvalue weighted by atomic mass is 16.5. The third-order valence-corrected chi connectivity index (χ3v) is 3.80. The van der Waals surface area contributed by atoms with Crippen LogP contribution in [0.3, 0.4) is 0 Å². The predicted molar refractivity (Wildman–Crippen MR) is 108 cm³/mol. The second kappa shape index (κ2) is 12.3. The highest BCUT2D eigenvalue weighted by molar-refractivity contribution is 5.87. The first kappa shape index (κ1) is 24.7. The number of rotatable bonds is 12. The van der Waals surface area contributed by atoms with Crippen molar-refractivity contribution in [2.75, 3.05) is 19.8 Å². The van der Waals surface area contributed by atoms with Gasteiger partial charge in [-0.1, -0.05) is 19.7 Å². The molecule has 0 amide bonds. The maximum Gasteiger partial charge on any atom is 0.333 e. The number of ether oxygens (including phenoxy) is 3. The fourth-order valence-electron chi connectivity index (χ4n) is 2.20. The van der Waals surface area contributed by atoms with Gasteiger partial charge in [0.1, 0.15) is 0 Å². The Morgan fingerprint density at radius 2 is 1.00 bits per heavy atom. The van der Waals surface area contributed by atoms with E-state index in [4.69, 9.17) is 14.2 Å². The van der Waals surface area contributed by atoms with E-state index in [0.29, 0.717) is 40.1 Å². The van der Waals surface area contributed by atoms with Crippen molar-refractivity contribution in [1.29, 1.82) is 0 Å². The lowest BCUT2D eigenvalue weighted by atomic mass is 10.0. The first-order valence-corrected chi connectivity index (χ1v) is 9.31. The minimum absolute atomic E-state index is 0.0764. The summed E-state index contributed by atoms with van der Waals surface area (Å²) in [5.74, 6) is -1.50. The molecule has 162 valence electrons. The van der Waals surface area contributed by atoms with Crippen LogP contribution in [-0.4, -0.2) is 53.1 Å². The fraction of sp³-hybridized carbons (Fsp3) is 0.429. The second-order valence-corrected chi connectivity index (χ2v) is 6.66. The molecule has 0 saturated carbocycles. The van der Waals surface area contributed by atoms with Crippen LogP contribution in [0.15, 0.2) is 36.5 Å². The Hall–Kier alpha value is -3.36. The van der Waals surface area contributed by atoms with Gasteiger partial charge in [-0.25, -0.2) is 14.4 Å². The van der Waals surface area contributed by atoms with E-state index in [1.807, 2.05) is 0 Å². The van der Waals surface area contributed by atoms with Crippen molar-refractivity contribution in [2.24, 2.45) is 0 Å². The predicted octanol–water partition coefficient (Wildman–Crippen LogP) is 1.86. The fourth-order valence-corrected chi connectivity index (χ4v) is 2.20. The Balaban J connectivity index is 2.89. The molecule has 0 N–H and O–H groups in total. The number of carbonyl (C=O) groups is 3. The first-order chi connectivity index (χ1) is 14.1. The number of carbonyl (C=O) groups excluding carboxylic acids is 3. The molecule has 30 heavy (non-hydrogen) atoms. The normalized spacial score (nSPS) is 10.1. The largest absolute Gasteiger partial charge is 0.462 e. The number of nitrogens with zero attached hydrogens (tertiary/aromatic N) is 3. The topological polar surface area (TPSA) is 118 Å². The van der Waals surface area contributed by atoms with Crippen molar-refractivity contribution in [1.82, 2.24) is 15.4 Å². The van der Waals surface area contributed by atoms with Gasteiger partial charge in [0.25, 0.3) is 0 Å². The first-order valence-electron chi connectivity index (χ1n) is 9.31. The van der Waals surface area contributed by atoms with Crippen LogP contribution >= 0.6 is 0 Å². The molecule has 0 spiro atoms. The van der Waals surface area contributed by atoms with Gasteiger partial charge in [-0.05, 0) is 26.0 Å². The van der Waals surface area contributed by atoms with Crippen LogP contribution in [0.1, 0.15) is 37.7 Å². The number of esters is 3. The summed E-state index contributed by atoms with van der Waals surface area (Å²) in [7, 11) is 0. The average molecular weight is 417 g/mol. The minimum Gasteiger partial charge on any atom is -0.462 e. The van der Waals surface area contributed by atoms with Crippen LogP contribution in [0.25, 0.3) is 0 Å². The zero-order valence-corrected chi connectivity index (χ0v) is 17.7. The van der Waals surface area contributed by atoms with E-state index in [2.05, 4.69) is 35.1 Å². The van der Waals surface area contributed by atoms with Gasteiger partial charge in [0, 0.05) is 41.5 Å². The summed E-state index contributed by atoms with van der Waals surface area (Å²) in [6, 6.07) is 0. The molecular weight excluding hydrogens is 390 g/mol. The Kier molecular flexibility index (Phi) is 10.1. The van der Waals surface area contributed by atoms with Gasteiger partial charge >= 0.3 is 17.9 Å². The van der Waals surface area contributed by atoms with Gasteiger partial charge in [-0.2, -0.15) is 0 Å². The summed E-state index contributed by atoms with van der Waals surface area (Å²) in [6.07, 6.45) is 0.892. The molecule has 1 heterocycles. The van der Waals surface area contributed by atoms with E-state index in [0.717, 1.165) is 0 Å². The van der Waals surface area contributed by atoms with Gasteiger partial charge in [0.15, 0.2) is 0 Å². The summed E-state index contributed by atoms with van der Waals surface area (Å²) in [6.45, 7) is 15.5. The maximum absolute atomic E-state index is 11.6. The molecule has 1 aromatic heterocycles. The molecular formula is C21H27N3O6. The molecule has 0 bridgehead atoms. The molecule has 9 heteroatoms. The Morgan fingerprint density at radius 3 is 1.33 bits per heavy atom. The standard InChI is InChI=1S/C21H27N3O6/c1-13(2)19(25)28-10-7-16-17(8-11-29-20(26)14(3)4)22-24-23-18(16)9-12-30-21(27)15(5)6/h1,3,5,7-12H2,2,4,6H3. The van der Waals surface area contributed by atoms with Crippen molar-refractivity contribution in [3.05, 3.63) is 53.4 Å². The van der Waals surface area contributed by atoms with E-state index in [9.17, 15) is 14.4 Å². The molecule has 0 unspecified atom stereocenters. The number of hydrogen-bond donors (Lipinski definition) is 0. The van der Waals surface area contributed by atoms with Crippen molar-refractivity contribution < 1.29 is 28.6 Å². The van der Waals surface area contributed by atoms with Gasteiger partial charge in [-0.15, -0.1) is 10.2 Å². The maximum atomic E-state index is 11.6. The van der Waals surface area contributed by atoms with Crippen molar-refractivity contribution in [3.8, 4) is 0 Å². The average Bonchev–Trinajstić information content (AvgIpc) is 2.68. The lowest BCUT2D eigenvalue weighted by Crippen LogP contribution is -2.17. The molecule has 0 aliphatic carbocycles. The molecule has 0 atom stereocenters. The molecule has 9 nitrogen and oxygen atoms in total. The van der Waals surface area contributed by atoms with Crippen LogP contribution in [-0.2, 0) is 47.9 Å². The van der Waals surface area contributed by atoms with E-state index < -0.39 is 17.9 Å². The number of hydrogen-bond acceptors (Lipinski definition) is 9. The Labute approximate surface area is 175 Å². The summed E-state index contributed by atoms with van der Waals surface area (Å²) < 4.78 is 15.4. The van der Waals surface area contributed by atoms with Crippen molar-refractivity contribution in [3.63, 3.8) is 0 Å². The van der Waals surface area contributed by atoms with Crippen LogP contribution in [0, 0.1) is 0 Å². The molecule has 0 aliphatic rings. The lowest BCUT2D eigenvalue weighted by molar-refractivity contribution is -0.139. The third kappa shape index (κ3) is 8.34. The molecule has 0 aliphatic heterocycles. The summed E-state index contributed by atoms with van der Waals surface area (Å²) in [5.41, 5.74) is 2.67. The van der Waals surface area contributed by atoms with Gasteiger partial charge in [0.05, 0.1) is 31.2 Å². The van der Waals surface area contributed by atoms with E-state index in [1.165, 1.54) is 0 Å². The van der Waals surface area contributed by atoms with Crippen LogP contribution in [0.2, 0.25) is 0 Å². The van der Waals surface area contributed by atoms with Gasteiger partial charge < -0.3 is 14.2 Å². The van der Waals surface area contributed by atoms with Crippen LogP contribution in [0.5, 0.6) is 0 Å². The van der Waals surface area contributed by atoms with Crippen LogP contribution in [0.4, 0.5) is 0 Å². The smallest absolute Gasteiger partial charge is 0.333 e. The molecule has 1 aromatic rings. The highest BCUT2D eigenvalue weighted by Gasteiger charge is 2.16. The summed E-state index contributed by atoms with van der Waals surface area (Å²) in [4.78, 5) is 34.8. The van der Waals surface area contributed by atoms with Gasteiger partial charge in [-0.3, -0.25) is 0 Å². The minimum atomic E-state index is -0.501. The SMILES string of the molecule is C=C(C)C(=O)OCCc1nnnc(CCOC(=O)C(=C)C)c1CCOC(=O)C(=C)C. The van der Waals surface area contributed by atoms with E-state index in [1.54, 1.807) is 20.8 Å². The Morgan fingerprint density at radius 1 is 0.667 bits per heavy atom.